The van der Waals surface area contributed by atoms with Crippen molar-refractivity contribution in [3.63, 3.8) is 0 Å². The first-order valence-electron chi connectivity index (χ1n) is 13.4. The second-order valence-corrected chi connectivity index (χ2v) is 10.1. The zero-order valence-corrected chi connectivity index (χ0v) is 22.4. The van der Waals surface area contributed by atoms with Gasteiger partial charge in [-0.25, -0.2) is 4.79 Å². The van der Waals surface area contributed by atoms with Crippen LogP contribution in [-0.2, 0) is 32.1 Å². The van der Waals surface area contributed by atoms with Crippen LogP contribution in [0.3, 0.4) is 0 Å². The first kappa shape index (κ1) is 28.3. The summed E-state index contributed by atoms with van der Waals surface area (Å²) in [6.45, 7) is 8.86. The van der Waals surface area contributed by atoms with E-state index in [1.807, 2.05) is 48.5 Å². The monoisotopic (exact) mass is 524 g/mol. The molecule has 38 heavy (non-hydrogen) atoms. The van der Waals surface area contributed by atoms with Crippen LogP contribution in [0.1, 0.15) is 54.4 Å². The summed E-state index contributed by atoms with van der Waals surface area (Å²) in [5, 5.41) is 12.2. The quantitative estimate of drug-likeness (QED) is 0.419. The Morgan fingerprint density at radius 3 is 2.53 bits per heavy atom. The number of ether oxygens (including phenoxy) is 4. The van der Waals surface area contributed by atoms with Crippen LogP contribution in [0.5, 0.6) is 0 Å². The molecule has 4 rings (SSSR count). The summed E-state index contributed by atoms with van der Waals surface area (Å²) in [4.78, 5) is 14.2. The van der Waals surface area contributed by atoms with Crippen molar-refractivity contribution < 1.29 is 28.8 Å². The van der Waals surface area contributed by atoms with Gasteiger partial charge in [-0.1, -0.05) is 68.1 Å². The molecule has 0 bridgehead atoms. The molecule has 206 valence electrons. The molecule has 0 spiro atoms. The van der Waals surface area contributed by atoms with Crippen LogP contribution in [0.25, 0.3) is 0 Å². The van der Waals surface area contributed by atoms with Crippen molar-refractivity contribution in [2.45, 2.75) is 57.5 Å². The number of amides is 1. The highest BCUT2D eigenvalue weighted by molar-refractivity contribution is 5.67. The number of nitrogens with zero attached hydrogens (tertiary/aromatic N) is 1. The van der Waals surface area contributed by atoms with Crippen LogP contribution in [0.15, 0.2) is 61.2 Å². The second kappa shape index (κ2) is 13.9. The van der Waals surface area contributed by atoms with Gasteiger partial charge in [0, 0.05) is 37.7 Å². The van der Waals surface area contributed by atoms with Gasteiger partial charge in [0.1, 0.15) is 6.61 Å². The molecule has 2 aliphatic rings. The number of benzene rings is 2. The summed E-state index contributed by atoms with van der Waals surface area (Å²) in [6.07, 6.45) is 2.64. The van der Waals surface area contributed by atoms with Crippen LogP contribution < -0.4 is 5.32 Å². The number of methoxy groups -OCH3 is 1. The molecule has 2 fully saturated rings. The fourth-order valence-corrected chi connectivity index (χ4v) is 5.23. The highest BCUT2D eigenvalue weighted by Crippen LogP contribution is 2.42. The van der Waals surface area contributed by atoms with E-state index in [4.69, 9.17) is 18.9 Å². The molecule has 2 aromatic carbocycles. The van der Waals surface area contributed by atoms with Gasteiger partial charge >= 0.3 is 6.09 Å². The molecule has 2 N–H and O–H groups in total. The van der Waals surface area contributed by atoms with Gasteiger partial charge in [-0.2, -0.15) is 0 Å². The molecule has 2 aliphatic heterocycles. The summed E-state index contributed by atoms with van der Waals surface area (Å²) in [6, 6.07) is 16.3. The van der Waals surface area contributed by atoms with Crippen molar-refractivity contribution in [3.8, 4) is 0 Å². The van der Waals surface area contributed by atoms with E-state index < -0.39 is 12.4 Å². The number of aliphatic hydroxyl groups is 1. The summed E-state index contributed by atoms with van der Waals surface area (Å²) in [5.74, 6) is 0.125. The van der Waals surface area contributed by atoms with Gasteiger partial charge in [0.15, 0.2) is 6.29 Å². The molecule has 0 radical (unpaired) electrons. The topological polar surface area (TPSA) is 89.5 Å². The predicted molar refractivity (Wildman–Crippen MR) is 144 cm³/mol. The summed E-state index contributed by atoms with van der Waals surface area (Å²) >= 11 is 0. The maximum atomic E-state index is 11.7. The van der Waals surface area contributed by atoms with E-state index in [2.05, 4.69) is 23.7 Å². The Morgan fingerprint density at radius 1 is 1.13 bits per heavy atom. The third-order valence-electron chi connectivity index (χ3n) is 7.42. The Balaban J connectivity index is 1.50. The van der Waals surface area contributed by atoms with Crippen LogP contribution in [0.4, 0.5) is 4.79 Å². The molecule has 0 aliphatic carbocycles. The van der Waals surface area contributed by atoms with Crippen molar-refractivity contribution in [1.82, 2.24) is 10.2 Å². The Kier molecular flexibility index (Phi) is 10.3. The van der Waals surface area contributed by atoms with E-state index >= 15 is 0 Å². The lowest BCUT2D eigenvalue weighted by Gasteiger charge is -2.43. The average molecular weight is 525 g/mol. The molecule has 2 aromatic rings. The van der Waals surface area contributed by atoms with Crippen molar-refractivity contribution in [2.24, 2.45) is 5.92 Å². The van der Waals surface area contributed by atoms with Gasteiger partial charge in [-0.15, -0.1) is 0 Å². The average Bonchev–Trinajstić information content (AvgIpc) is 3.39. The van der Waals surface area contributed by atoms with Crippen LogP contribution >= 0.6 is 0 Å². The number of aliphatic hydroxyl groups excluding tert-OH is 1. The van der Waals surface area contributed by atoms with E-state index in [0.717, 1.165) is 54.8 Å². The lowest BCUT2D eigenvalue weighted by atomic mass is 9.90. The maximum absolute atomic E-state index is 11.7. The van der Waals surface area contributed by atoms with Crippen molar-refractivity contribution in [1.29, 1.82) is 0 Å². The van der Waals surface area contributed by atoms with Crippen LogP contribution in [0, 0.1) is 5.92 Å². The minimum atomic E-state index is -0.526. The summed E-state index contributed by atoms with van der Waals surface area (Å²) < 4.78 is 23.6. The van der Waals surface area contributed by atoms with Crippen LogP contribution in [-0.4, -0.2) is 61.7 Å². The van der Waals surface area contributed by atoms with E-state index in [0.29, 0.717) is 12.6 Å². The fraction of sp³-hybridized carbons (Fsp3) is 0.500. The van der Waals surface area contributed by atoms with Crippen molar-refractivity contribution >= 4 is 6.09 Å². The number of hydrogen-bond donors (Lipinski definition) is 2. The first-order chi connectivity index (χ1) is 18.5. The van der Waals surface area contributed by atoms with Gasteiger partial charge in [0.05, 0.1) is 25.4 Å². The molecule has 8 nitrogen and oxygen atoms in total. The largest absolute Gasteiger partial charge is 0.445 e. The van der Waals surface area contributed by atoms with E-state index in [1.54, 1.807) is 7.11 Å². The van der Waals surface area contributed by atoms with E-state index in [-0.39, 0.29) is 31.3 Å². The highest BCUT2D eigenvalue weighted by Gasteiger charge is 2.40. The van der Waals surface area contributed by atoms with E-state index in [1.165, 1.54) is 6.08 Å². The summed E-state index contributed by atoms with van der Waals surface area (Å²) in [5.41, 5.74) is 3.81. The van der Waals surface area contributed by atoms with Gasteiger partial charge in [-0.3, -0.25) is 4.90 Å². The van der Waals surface area contributed by atoms with Crippen molar-refractivity contribution in [2.75, 3.05) is 33.4 Å². The normalized spacial score (nSPS) is 25.7. The smallest absolute Gasteiger partial charge is 0.407 e. The first-order valence-corrected chi connectivity index (χ1v) is 13.4. The lowest BCUT2D eigenvalue weighted by Crippen LogP contribution is -2.46. The van der Waals surface area contributed by atoms with Crippen LogP contribution in [0.2, 0.25) is 0 Å². The molecule has 0 saturated carbocycles. The molecular formula is C30H40N2O6. The number of hydrogen-bond acceptors (Lipinski definition) is 7. The number of carbonyl (C=O) groups is 1. The Bertz CT molecular complexity index is 1030. The minimum absolute atomic E-state index is 0.0126. The Labute approximate surface area is 225 Å². The zero-order chi connectivity index (χ0) is 26.9. The third kappa shape index (κ3) is 7.21. The third-order valence-corrected chi connectivity index (χ3v) is 7.42. The standard InChI is InChI=1S/C30H40N2O6/c1-4-16-36-30(34)31-17-22-7-13-25(14-8-22)29-37-27(18-32-15-5-6-26(32)20-35-3)21(2)28(38-29)24-11-9-23(19-33)10-12-24/h4,7-14,21,26-29,33H,1,5-6,15-20H2,2-3H3,(H,31,34). The molecule has 5 unspecified atom stereocenters. The van der Waals surface area contributed by atoms with Gasteiger partial charge in [-0.05, 0) is 36.1 Å². The molecule has 2 heterocycles. The summed E-state index contributed by atoms with van der Waals surface area (Å²) in [7, 11) is 1.76. The van der Waals surface area contributed by atoms with E-state index in [9.17, 15) is 9.90 Å². The molecule has 1 amide bonds. The van der Waals surface area contributed by atoms with Gasteiger partial charge in [0.2, 0.25) is 0 Å². The molecular weight excluding hydrogens is 484 g/mol. The number of nitrogens with one attached hydrogen (secondary N) is 1. The minimum Gasteiger partial charge on any atom is -0.445 e. The Hall–Kier alpha value is -2.75. The Morgan fingerprint density at radius 2 is 1.84 bits per heavy atom. The fourth-order valence-electron chi connectivity index (χ4n) is 5.23. The predicted octanol–water partition coefficient (Wildman–Crippen LogP) is 4.49. The number of rotatable bonds is 11. The SMILES string of the molecule is C=CCOC(=O)NCc1ccc(C2OC(CN3CCCC3COC)C(C)C(c3ccc(CO)cc3)O2)cc1. The highest BCUT2D eigenvalue weighted by atomic mass is 16.7. The number of carbonyl (C=O) groups excluding carboxylic acids is 1. The van der Waals surface area contributed by atoms with Gasteiger partial charge in [0.25, 0.3) is 0 Å². The molecule has 2 saturated heterocycles. The second-order valence-electron chi connectivity index (χ2n) is 10.1. The van der Waals surface area contributed by atoms with Crippen molar-refractivity contribution in [3.05, 3.63) is 83.4 Å². The zero-order valence-electron chi connectivity index (χ0n) is 22.4. The lowest BCUT2D eigenvalue weighted by molar-refractivity contribution is -0.276. The molecule has 5 atom stereocenters. The number of alkyl carbamates (subject to hydrolysis) is 1. The number of likely N-dealkylation sites (tertiary alicyclic amines) is 1. The van der Waals surface area contributed by atoms with Gasteiger partial charge < -0.3 is 29.4 Å². The maximum Gasteiger partial charge on any atom is 0.407 e. The molecule has 8 heteroatoms. The molecule has 0 aromatic heterocycles.